The van der Waals surface area contributed by atoms with E-state index in [0.29, 0.717) is 25.8 Å². The van der Waals surface area contributed by atoms with E-state index in [0.717, 1.165) is 11.1 Å². The highest BCUT2D eigenvalue weighted by atomic mass is 79.9. The van der Waals surface area contributed by atoms with Crippen molar-refractivity contribution in [3.8, 4) is 39.8 Å². The number of ether oxygens (including phenoxy) is 1. The summed E-state index contributed by atoms with van der Waals surface area (Å²) in [7, 11) is 1.47. The Kier molecular flexibility index (Phi) is 5.40. The lowest BCUT2D eigenvalue weighted by molar-refractivity contribution is 0.372. The molecule has 136 valence electrons. The zero-order valence-electron chi connectivity index (χ0n) is 14.5. The zero-order valence-corrected chi connectivity index (χ0v) is 17.7. The number of halogens is 2. The number of aromatic hydroxyl groups is 1. The maximum absolute atomic E-state index is 10.3. The van der Waals surface area contributed by atoms with Crippen molar-refractivity contribution in [2.75, 3.05) is 12.8 Å². The van der Waals surface area contributed by atoms with Crippen molar-refractivity contribution in [3.63, 3.8) is 0 Å². The van der Waals surface area contributed by atoms with E-state index >= 15 is 0 Å². The minimum absolute atomic E-state index is 0.0355. The van der Waals surface area contributed by atoms with E-state index in [-0.39, 0.29) is 22.9 Å². The van der Waals surface area contributed by atoms with Gasteiger partial charge < -0.3 is 15.6 Å². The van der Waals surface area contributed by atoms with Gasteiger partial charge in [0.05, 0.1) is 11.6 Å². The van der Waals surface area contributed by atoms with Crippen LogP contribution in [0.15, 0.2) is 45.3 Å². The van der Waals surface area contributed by atoms with Crippen LogP contribution < -0.4 is 10.5 Å². The second-order valence-electron chi connectivity index (χ2n) is 5.79. The zero-order chi connectivity index (χ0) is 19.7. The van der Waals surface area contributed by atoms with E-state index in [1.165, 1.54) is 7.11 Å². The Morgan fingerprint density at radius 3 is 2.41 bits per heavy atom. The maximum atomic E-state index is 10.3. The number of anilines is 1. The first-order valence-electron chi connectivity index (χ1n) is 7.91. The van der Waals surface area contributed by atoms with Crippen molar-refractivity contribution in [1.82, 2.24) is 4.98 Å². The van der Waals surface area contributed by atoms with E-state index < -0.39 is 0 Å². The van der Waals surface area contributed by atoms with Gasteiger partial charge in [0.25, 0.3) is 0 Å². The highest BCUT2D eigenvalue weighted by Crippen LogP contribution is 2.49. The summed E-state index contributed by atoms with van der Waals surface area (Å²) in [5, 5.41) is 20.1. The SMILES string of the molecule is COc1cc(-c2c(C#N)c(N)nc(C)c2-c2ccccc2)c(Br)c(Br)c1O. The van der Waals surface area contributed by atoms with Crippen molar-refractivity contribution in [2.45, 2.75) is 6.92 Å². The lowest BCUT2D eigenvalue weighted by atomic mass is 9.90. The van der Waals surface area contributed by atoms with Gasteiger partial charge in [-0.05, 0) is 50.4 Å². The molecule has 7 heteroatoms. The van der Waals surface area contributed by atoms with Crippen LogP contribution in [0, 0.1) is 18.3 Å². The summed E-state index contributed by atoms with van der Waals surface area (Å²) in [5.41, 5.74) is 10.0. The van der Waals surface area contributed by atoms with Crippen molar-refractivity contribution in [3.05, 3.63) is 56.6 Å². The van der Waals surface area contributed by atoms with Crippen molar-refractivity contribution >= 4 is 37.7 Å². The topological polar surface area (TPSA) is 92.2 Å². The number of rotatable bonds is 3. The number of phenolic OH excluding ortho intramolecular Hbond substituents is 1. The summed E-state index contributed by atoms with van der Waals surface area (Å²) in [4.78, 5) is 4.37. The number of nitrogens with zero attached hydrogens (tertiary/aromatic N) is 2. The van der Waals surface area contributed by atoms with Crippen LogP contribution in [-0.4, -0.2) is 17.2 Å². The van der Waals surface area contributed by atoms with Gasteiger partial charge in [-0.3, -0.25) is 0 Å². The highest BCUT2D eigenvalue weighted by Gasteiger charge is 2.24. The number of phenols is 1. The van der Waals surface area contributed by atoms with E-state index in [4.69, 9.17) is 10.5 Å². The van der Waals surface area contributed by atoms with Crippen LogP contribution in [0.1, 0.15) is 11.3 Å². The van der Waals surface area contributed by atoms with Gasteiger partial charge in [0.2, 0.25) is 0 Å². The van der Waals surface area contributed by atoms with Crippen LogP contribution in [0.4, 0.5) is 5.82 Å². The molecule has 0 atom stereocenters. The third-order valence-electron chi connectivity index (χ3n) is 4.22. The summed E-state index contributed by atoms with van der Waals surface area (Å²) in [6, 6.07) is 13.5. The average Bonchev–Trinajstić information content (AvgIpc) is 2.67. The molecule has 3 rings (SSSR count). The van der Waals surface area contributed by atoms with Gasteiger partial charge in [-0.15, -0.1) is 0 Å². The van der Waals surface area contributed by atoms with Gasteiger partial charge in [0, 0.05) is 26.9 Å². The molecule has 0 saturated carbocycles. The molecule has 2 aromatic carbocycles. The van der Waals surface area contributed by atoms with Crippen LogP contribution in [0.2, 0.25) is 0 Å². The summed E-state index contributed by atoms with van der Waals surface area (Å²) < 4.78 is 6.30. The van der Waals surface area contributed by atoms with Crippen LogP contribution in [0.5, 0.6) is 11.5 Å². The molecule has 27 heavy (non-hydrogen) atoms. The molecule has 0 aliphatic heterocycles. The number of benzene rings is 2. The van der Waals surface area contributed by atoms with Gasteiger partial charge in [-0.2, -0.15) is 5.26 Å². The van der Waals surface area contributed by atoms with Crippen LogP contribution in [0.3, 0.4) is 0 Å². The molecular weight excluding hydrogens is 474 g/mol. The first-order chi connectivity index (χ1) is 12.9. The fraction of sp³-hybridized carbons (Fsp3) is 0.100. The van der Waals surface area contributed by atoms with Gasteiger partial charge in [-0.25, -0.2) is 4.98 Å². The molecule has 0 aliphatic carbocycles. The van der Waals surface area contributed by atoms with Gasteiger partial charge in [0.1, 0.15) is 17.5 Å². The summed E-state index contributed by atoms with van der Waals surface area (Å²) >= 11 is 6.89. The normalized spacial score (nSPS) is 10.5. The Balaban J connectivity index is 2.51. The maximum Gasteiger partial charge on any atom is 0.173 e. The second-order valence-corrected chi connectivity index (χ2v) is 7.37. The molecule has 0 aliphatic rings. The second kappa shape index (κ2) is 7.59. The number of nitrogens with two attached hydrogens (primary N) is 1. The predicted octanol–water partition coefficient (Wildman–Crippen LogP) is 5.42. The van der Waals surface area contributed by atoms with E-state index in [9.17, 15) is 10.4 Å². The first kappa shape index (κ1) is 19.2. The van der Waals surface area contributed by atoms with Crippen LogP contribution in [-0.2, 0) is 0 Å². The minimum Gasteiger partial charge on any atom is -0.503 e. The van der Waals surface area contributed by atoms with Crippen molar-refractivity contribution in [2.24, 2.45) is 0 Å². The number of aromatic nitrogens is 1. The fourth-order valence-electron chi connectivity index (χ4n) is 3.00. The first-order valence-corrected chi connectivity index (χ1v) is 9.50. The average molecular weight is 489 g/mol. The third-order valence-corrected chi connectivity index (χ3v) is 6.34. The molecule has 1 heterocycles. The Hall–Kier alpha value is -2.56. The molecule has 0 bridgehead atoms. The molecule has 0 amide bonds. The number of hydrogen-bond acceptors (Lipinski definition) is 5. The van der Waals surface area contributed by atoms with Gasteiger partial charge in [0.15, 0.2) is 11.5 Å². The molecule has 0 saturated heterocycles. The molecule has 0 radical (unpaired) electrons. The fourth-order valence-corrected chi connectivity index (χ4v) is 3.91. The predicted molar refractivity (Wildman–Crippen MR) is 113 cm³/mol. The molecular formula is C20H15Br2N3O2. The third kappa shape index (κ3) is 3.27. The number of nitrogen functional groups attached to an aromatic ring is 1. The van der Waals surface area contributed by atoms with Crippen molar-refractivity contribution in [1.29, 1.82) is 5.26 Å². The number of pyridine rings is 1. The molecule has 5 nitrogen and oxygen atoms in total. The van der Waals surface area contributed by atoms with Gasteiger partial charge >= 0.3 is 0 Å². The molecule has 1 aromatic heterocycles. The molecule has 0 spiro atoms. The van der Waals surface area contributed by atoms with Gasteiger partial charge in [-0.1, -0.05) is 30.3 Å². The van der Waals surface area contributed by atoms with Crippen LogP contribution >= 0.6 is 31.9 Å². The lowest BCUT2D eigenvalue weighted by Crippen LogP contribution is -2.04. The van der Waals surface area contributed by atoms with Crippen molar-refractivity contribution < 1.29 is 9.84 Å². The summed E-state index contributed by atoms with van der Waals surface area (Å²) in [6.45, 7) is 1.85. The molecule has 3 N–H and O–H groups in total. The van der Waals surface area contributed by atoms with E-state index in [1.807, 2.05) is 37.3 Å². The number of nitriles is 1. The monoisotopic (exact) mass is 487 g/mol. The summed E-state index contributed by atoms with van der Waals surface area (Å²) in [5.74, 6) is 0.391. The van der Waals surface area contributed by atoms with Crippen LogP contribution in [0.25, 0.3) is 22.3 Å². The minimum atomic E-state index is -0.0355. The van der Waals surface area contributed by atoms with E-state index in [1.54, 1.807) is 6.07 Å². The Labute approximate surface area is 173 Å². The largest absolute Gasteiger partial charge is 0.503 e. The number of aryl methyl sites for hydroxylation is 1. The Bertz CT molecular complexity index is 1080. The molecule has 0 unspecified atom stereocenters. The van der Waals surface area contributed by atoms with E-state index in [2.05, 4.69) is 42.9 Å². The quantitative estimate of drug-likeness (QED) is 0.513. The smallest absolute Gasteiger partial charge is 0.173 e. The highest BCUT2D eigenvalue weighted by molar-refractivity contribution is 9.13. The molecule has 3 aromatic rings. The number of hydrogen-bond donors (Lipinski definition) is 2. The molecule has 0 fully saturated rings. The Morgan fingerprint density at radius 2 is 1.81 bits per heavy atom. The lowest BCUT2D eigenvalue weighted by Gasteiger charge is -2.19. The number of methoxy groups -OCH3 is 1. The Morgan fingerprint density at radius 1 is 1.15 bits per heavy atom. The standard InChI is InChI=1S/C20H15Br2N3O2/c1-10-15(11-6-4-3-5-7-11)16(13(9-23)20(24)25-10)12-8-14(27-2)19(26)18(22)17(12)21/h3-8,26H,1-2H3,(H2,24,25). The summed E-state index contributed by atoms with van der Waals surface area (Å²) in [6.07, 6.45) is 0.